The molecule has 0 aromatic rings. The number of aliphatic hydroxyl groups is 4. The number of ether oxygens (including phenoxy) is 2. The third-order valence-electron chi connectivity index (χ3n) is 8.40. The van der Waals surface area contributed by atoms with Crippen LogP contribution in [0.1, 0.15) is 26.7 Å². The first-order valence-corrected chi connectivity index (χ1v) is 16.6. The number of carboxylic acids is 2. The molecule has 0 bridgehead atoms. The Morgan fingerprint density at radius 1 is 0.727 bits per heavy atom. The third kappa shape index (κ3) is 14.1. The van der Waals surface area contributed by atoms with E-state index in [1.54, 1.807) is 0 Å². The molecule has 25 heteroatoms. The summed E-state index contributed by atoms with van der Waals surface area (Å²) in [4.78, 5) is 81.1. The highest BCUT2D eigenvalue weighted by Gasteiger charge is 2.44. The van der Waals surface area contributed by atoms with Gasteiger partial charge < -0.3 is 84.1 Å². The fourth-order valence-electron chi connectivity index (χ4n) is 6.20. The predicted octanol–water partition coefficient (Wildman–Crippen LogP) is -7.42. The van der Waals surface area contributed by atoms with E-state index in [1.807, 2.05) is 0 Å². The Hall–Kier alpha value is -5.34. The number of carboxylic acid groups (broad SMARTS) is 2. The van der Waals surface area contributed by atoms with Crippen LogP contribution >= 0.6 is 0 Å². The number of rotatable bonds is 22. The highest BCUT2D eigenvalue weighted by atomic mass is 16.5. The molecule has 55 heavy (non-hydrogen) atoms. The van der Waals surface area contributed by atoms with Crippen molar-refractivity contribution in [3.63, 3.8) is 0 Å². The van der Waals surface area contributed by atoms with E-state index in [0.29, 0.717) is 0 Å². The Bertz CT molecular complexity index is 1430. The number of aliphatic carboxylic acids is 2. The van der Waals surface area contributed by atoms with Gasteiger partial charge in [-0.05, 0) is 0 Å². The van der Waals surface area contributed by atoms with Gasteiger partial charge in [-0.3, -0.25) is 19.2 Å². The Morgan fingerprint density at radius 3 is 1.35 bits per heavy atom. The Kier molecular flexibility index (Phi) is 17.9. The van der Waals surface area contributed by atoms with Gasteiger partial charge in [-0.25, -0.2) is 19.6 Å². The lowest BCUT2D eigenvalue weighted by Gasteiger charge is -2.35. The van der Waals surface area contributed by atoms with Crippen LogP contribution in [0.15, 0.2) is 33.3 Å². The molecular formula is C30H48BN10O14. The van der Waals surface area contributed by atoms with Crippen molar-refractivity contribution in [3.05, 3.63) is 23.3 Å². The maximum atomic E-state index is 12.7. The van der Waals surface area contributed by atoms with Crippen LogP contribution in [0.2, 0.25) is 0 Å². The van der Waals surface area contributed by atoms with Crippen molar-refractivity contribution in [2.45, 2.75) is 75.3 Å². The van der Waals surface area contributed by atoms with Gasteiger partial charge in [0.15, 0.2) is 11.9 Å². The standard InChI is InChI=1S/C30H48BN10O14/c1-11(44)36-23(15-3-13(27(50)51)5-17(15)38-29(32)33)25(19(46)7-42)54-9-21(48)40-31-41-22(49)10-55-26(20(47)8-43)24(37-12(2)45)16-4-14(28(52)53)6-18(16)39-30(34)35/h3-4,15-20,23-26,42-43,46-47H,5-10H2,1-2H3,(H,36,44)(H,37,45)(H,40,48)(H,41,49)(H,50,51)(H,52,53)(H4,32,33,38)(H4,34,35,39)/t15-,16-,17-,18-,19+,20+,23+,24+,25+,26+/m1/s1. The largest absolute Gasteiger partial charge is 0.478 e. The zero-order valence-electron chi connectivity index (χ0n) is 29.9. The second kappa shape index (κ2) is 21.5. The molecule has 0 aliphatic heterocycles. The van der Waals surface area contributed by atoms with E-state index in [2.05, 4.69) is 31.1 Å². The van der Waals surface area contributed by atoms with E-state index < -0.39 is 122 Å². The highest BCUT2D eigenvalue weighted by Crippen LogP contribution is 2.34. The quantitative estimate of drug-likeness (QED) is 0.0275. The Balaban J connectivity index is 2.13. The Morgan fingerprint density at radius 2 is 1.07 bits per heavy atom. The van der Waals surface area contributed by atoms with Gasteiger partial charge >= 0.3 is 19.5 Å². The summed E-state index contributed by atoms with van der Waals surface area (Å²) < 4.78 is 11.2. The summed E-state index contributed by atoms with van der Waals surface area (Å²) in [5, 5.41) is 69.2. The van der Waals surface area contributed by atoms with Gasteiger partial charge in [-0.1, -0.05) is 12.2 Å². The maximum absolute atomic E-state index is 12.7. The molecule has 2 aliphatic carbocycles. The van der Waals surface area contributed by atoms with E-state index >= 15 is 0 Å². The molecule has 2 aliphatic rings. The number of nitrogens with one attached hydrogen (secondary N) is 4. The lowest BCUT2D eigenvalue weighted by molar-refractivity contribution is -0.135. The minimum absolute atomic E-state index is 0.0969. The van der Waals surface area contributed by atoms with Gasteiger partial charge in [0.2, 0.25) is 23.6 Å². The van der Waals surface area contributed by atoms with Crippen LogP contribution in [-0.2, 0) is 38.2 Å². The van der Waals surface area contributed by atoms with Crippen molar-refractivity contribution in [1.29, 1.82) is 0 Å². The van der Waals surface area contributed by atoms with Crippen molar-refractivity contribution >= 4 is 55.0 Å². The average Bonchev–Trinajstić information content (AvgIpc) is 3.70. The first kappa shape index (κ1) is 45.8. The zero-order valence-corrected chi connectivity index (χ0v) is 29.9. The minimum Gasteiger partial charge on any atom is -0.478 e. The number of aliphatic hydroxyl groups excluding tert-OH is 4. The van der Waals surface area contributed by atoms with Crippen molar-refractivity contribution < 1.29 is 68.9 Å². The molecule has 24 nitrogen and oxygen atoms in total. The van der Waals surface area contributed by atoms with Crippen LogP contribution < -0.4 is 44.0 Å². The summed E-state index contributed by atoms with van der Waals surface area (Å²) in [6, 6.07) is -4.36. The van der Waals surface area contributed by atoms with Crippen LogP contribution in [0.3, 0.4) is 0 Å². The SMILES string of the molecule is CC(=O)N[C@@H]([C@@H]1C=C(C(=O)O)C[C@H]1N=C(N)N)[C@@H](OCC(=O)N[B]NC(=O)CO[C@H]([C@@H](NC(C)=O)[C@@H]1C=C(C(=O)O)C[C@H]1N=C(N)N)[C@@H](O)CO)[C@@H](O)CO. The molecule has 0 spiro atoms. The van der Waals surface area contributed by atoms with Gasteiger partial charge in [-0.15, -0.1) is 0 Å². The molecule has 0 unspecified atom stereocenters. The summed E-state index contributed by atoms with van der Waals surface area (Å²) >= 11 is 0. The van der Waals surface area contributed by atoms with Crippen molar-refractivity contribution in [1.82, 2.24) is 21.1 Å². The summed E-state index contributed by atoms with van der Waals surface area (Å²) in [6.07, 6.45) is -4.21. The molecule has 0 saturated heterocycles. The van der Waals surface area contributed by atoms with Crippen LogP contribution in [0.25, 0.3) is 0 Å². The summed E-state index contributed by atoms with van der Waals surface area (Å²) in [6.45, 7) is -1.20. The molecule has 0 aromatic carbocycles. The van der Waals surface area contributed by atoms with E-state index in [4.69, 9.17) is 32.4 Å². The molecule has 10 atom stereocenters. The van der Waals surface area contributed by atoms with E-state index in [9.17, 15) is 59.4 Å². The number of carbonyl (C=O) groups is 6. The van der Waals surface area contributed by atoms with Crippen LogP contribution in [0.5, 0.6) is 0 Å². The number of aliphatic imine (C=N–C) groups is 2. The molecule has 4 amide bonds. The lowest BCUT2D eigenvalue weighted by Crippen LogP contribution is -2.56. The van der Waals surface area contributed by atoms with E-state index in [-0.39, 0.29) is 35.9 Å². The van der Waals surface area contributed by atoms with Gasteiger partial charge in [0.1, 0.15) is 37.6 Å². The van der Waals surface area contributed by atoms with Crippen LogP contribution in [0, 0.1) is 11.8 Å². The van der Waals surface area contributed by atoms with Gasteiger partial charge in [0.05, 0.1) is 37.4 Å². The molecular weight excluding hydrogens is 735 g/mol. The second-order valence-corrected chi connectivity index (χ2v) is 12.6. The fraction of sp³-hybridized carbons (Fsp3) is 0.600. The molecule has 1 radical (unpaired) electrons. The number of nitrogens with two attached hydrogens (primary N) is 4. The molecule has 0 aromatic heterocycles. The zero-order chi connectivity index (χ0) is 41.6. The monoisotopic (exact) mass is 783 g/mol. The molecule has 305 valence electrons. The molecule has 0 fully saturated rings. The molecule has 2 rings (SSSR count). The number of hydrogen-bond donors (Lipinski definition) is 14. The topological polar surface area (TPSA) is 419 Å². The molecule has 0 heterocycles. The van der Waals surface area contributed by atoms with Gasteiger partial charge in [0.25, 0.3) is 0 Å². The number of amides is 4. The predicted molar refractivity (Wildman–Crippen MR) is 190 cm³/mol. The number of nitrogens with zero attached hydrogens (tertiary/aromatic N) is 2. The molecule has 18 N–H and O–H groups in total. The van der Waals surface area contributed by atoms with Crippen LogP contribution in [0.4, 0.5) is 0 Å². The normalized spacial score (nSPS) is 22.2. The number of hydrogen-bond acceptors (Lipinski definition) is 14. The smallest absolute Gasteiger partial charge is 0.390 e. The molecule has 0 saturated carbocycles. The van der Waals surface area contributed by atoms with Crippen molar-refractivity contribution in [2.75, 3.05) is 26.4 Å². The first-order chi connectivity index (χ1) is 25.8. The highest BCUT2D eigenvalue weighted by molar-refractivity contribution is 6.38. The summed E-state index contributed by atoms with van der Waals surface area (Å²) in [5.41, 5.74) is 21.9. The number of carbonyl (C=O) groups excluding carboxylic acids is 4. The summed E-state index contributed by atoms with van der Waals surface area (Å²) in [7, 11) is 0.782. The van der Waals surface area contributed by atoms with Gasteiger partial charge in [-0.2, -0.15) is 0 Å². The first-order valence-electron chi connectivity index (χ1n) is 16.6. The number of guanidine groups is 2. The van der Waals surface area contributed by atoms with Crippen molar-refractivity contribution in [3.8, 4) is 0 Å². The van der Waals surface area contributed by atoms with Crippen molar-refractivity contribution in [2.24, 2.45) is 44.8 Å². The minimum atomic E-state index is -1.71. The van der Waals surface area contributed by atoms with E-state index in [0.717, 1.165) is 21.4 Å². The maximum Gasteiger partial charge on any atom is 0.390 e. The second-order valence-electron chi connectivity index (χ2n) is 12.6. The summed E-state index contributed by atoms with van der Waals surface area (Å²) in [5.74, 6) is -8.40. The average molecular weight is 784 g/mol. The van der Waals surface area contributed by atoms with Gasteiger partial charge in [0, 0.05) is 49.7 Å². The lowest BCUT2D eigenvalue weighted by atomic mass is 9.88. The third-order valence-corrected chi connectivity index (χ3v) is 8.40. The Labute approximate surface area is 314 Å². The van der Waals surface area contributed by atoms with Crippen LogP contribution in [-0.4, -0.2) is 161 Å². The fourth-order valence-corrected chi connectivity index (χ4v) is 6.20. The van der Waals surface area contributed by atoms with E-state index in [1.165, 1.54) is 12.2 Å².